The van der Waals surface area contributed by atoms with Crippen molar-refractivity contribution in [2.75, 3.05) is 18.5 Å². The molecule has 1 N–H and O–H groups in total. The average molecular weight is 317 g/mol. The fraction of sp³-hybridized carbons (Fsp3) is 0.438. The minimum atomic E-state index is -0.611. The average Bonchev–Trinajstić information content (AvgIpc) is 2.92. The predicted molar refractivity (Wildman–Crippen MR) is 83.7 cm³/mol. The van der Waals surface area contributed by atoms with E-state index in [1.54, 1.807) is 37.0 Å². The molecule has 0 saturated carbocycles. The summed E-state index contributed by atoms with van der Waals surface area (Å²) >= 11 is 0. The third-order valence-corrected chi connectivity index (χ3v) is 3.97. The lowest BCUT2D eigenvalue weighted by atomic mass is 9.95. The lowest BCUT2D eigenvalue weighted by Gasteiger charge is -2.21. The highest BCUT2D eigenvalue weighted by Crippen LogP contribution is 2.27. The van der Waals surface area contributed by atoms with Crippen molar-refractivity contribution in [2.45, 2.75) is 25.7 Å². The number of hydrogen-bond donors (Lipinski definition) is 1. The maximum atomic E-state index is 12.3. The van der Waals surface area contributed by atoms with Gasteiger partial charge in [0, 0.05) is 38.4 Å². The summed E-state index contributed by atoms with van der Waals surface area (Å²) in [5.74, 6) is 0.687. The first-order valence-corrected chi connectivity index (χ1v) is 7.58. The van der Waals surface area contributed by atoms with E-state index in [0.29, 0.717) is 30.4 Å². The Morgan fingerprint density at radius 2 is 2.13 bits per heavy atom. The number of nitrogens with one attached hydrogen (secondary N) is 1. The largest absolute Gasteiger partial charge is 0.427 e. The molecule has 1 aliphatic rings. The van der Waals surface area contributed by atoms with Crippen molar-refractivity contribution in [2.24, 2.45) is 7.05 Å². The molecule has 0 radical (unpaired) electrons. The van der Waals surface area contributed by atoms with Crippen LogP contribution in [0.25, 0.3) is 0 Å². The summed E-state index contributed by atoms with van der Waals surface area (Å²) in [6.45, 7) is 3.07. The fourth-order valence-electron chi connectivity index (χ4n) is 2.75. The van der Waals surface area contributed by atoms with Crippen LogP contribution in [0.3, 0.4) is 0 Å². The molecule has 3 heterocycles. The number of anilines is 1. The number of amides is 1. The Morgan fingerprint density at radius 3 is 2.74 bits per heavy atom. The van der Waals surface area contributed by atoms with E-state index in [1.165, 1.54) is 0 Å². The molecule has 0 unspecified atom stereocenters. The van der Waals surface area contributed by atoms with Crippen LogP contribution in [0.1, 0.15) is 40.4 Å². The van der Waals surface area contributed by atoms with E-state index in [2.05, 4.69) is 10.4 Å². The summed E-state index contributed by atoms with van der Waals surface area (Å²) in [5.41, 5.74) is 0.0163. The smallest absolute Gasteiger partial charge is 0.349 e. The van der Waals surface area contributed by atoms with Crippen LogP contribution in [0.5, 0.6) is 0 Å². The van der Waals surface area contributed by atoms with Gasteiger partial charge < -0.3 is 14.5 Å². The van der Waals surface area contributed by atoms with Gasteiger partial charge in [-0.25, -0.2) is 4.79 Å². The van der Waals surface area contributed by atoms with Crippen LogP contribution in [0, 0.1) is 6.92 Å². The first kappa shape index (κ1) is 15.5. The molecule has 0 spiro atoms. The standard InChI is InChI=1S/C16H19N3O4/c1-10-9-12(11-4-7-22-8-5-11)23-16(21)14(10)15(20)17-13-3-6-19(2)18-13/h3,6,9,11H,4-5,7-8H2,1-2H3,(H,17,18,20). The van der Waals surface area contributed by atoms with Gasteiger partial charge in [0.15, 0.2) is 5.82 Å². The zero-order valence-electron chi connectivity index (χ0n) is 13.2. The molecule has 0 aliphatic carbocycles. The molecule has 1 fully saturated rings. The Morgan fingerprint density at radius 1 is 1.39 bits per heavy atom. The number of aryl methyl sites for hydroxylation is 2. The zero-order valence-corrected chi connectivity index (χ0v) is 13.2. The third-order valence-electron chi connectivity index (χ3n) is 3.97. The minimum Gasteiger partial charge on any atom is -0.427 e. The van der Waals surface area contributed by atoms with E-state index in [0.717, 1.165) is 12.8 Å². The maximum Gasteiger partial charge on any atom is 0.349 e. The van der Waals surface area contributed by atoms with E-state index >= 15 is 0 Å². The molecule has 122 valence electrons. The van der Waals surface area contributed by atoms with Crippen LogP contribution in [0.15, 0.2) is 27.5 Å². The molecule has 7 heteroatoms. The van der Waals surface area contributed by atoms with Crippen molar-refractivity contribution < 1.29 is 13.9 Å². The van der Waals surface area contributed by atoms with Crippen molar-refractivity contribution in [1.82, 2.24) is 9.78 Å². The number of nitrogens with zero attached hydrogens (tertiary/aromatic N) is 2. The topological polar surface area (TPSA) is 86.4 Å². The summed E-state index contributed by atoms with van der Waals surface area (Å²) in [6.07, 6.45) is 3.35. The molecule has 0 atom stereocenters. The van der Waals surface area contributed by atoms with Gasteiger partial charge in [-0.15, -0.1) is 0 Å². The molecular weight excluding hydrogens is 298 g/mol. The molecular formula is C16H19N3O4. The van der Waals surface area contributed by atoms with Gasteiger partial charge in [0.25, 0.3) is 5.91 Å². The monoisotopic (exact) mass is 317 g/mol. The van der Waals surface area contributed by atoms with Crippen LogP contribution in [0.4, 0.5) is 5.82 Å². The number of carbonyl (C=O) groups excluding carboxylic acids is 1. The molecule has 2 aromatic rings. The first-order chi connectivity index (χ1) is 11.0. The molecule has 1 amide bonds. The Balaban J connectivity index is 1.84. The van der Waals surface area contributed by atoms with Crippen LogP contribution in [-0.4, -0.2) is 28.9 Å². The predicted octanol–water partition coefficient (Wildman–Crippen LogP) is 1.83. The Bertz CT molecular complexity index is 772. The fourth-order valence-corrected chi connectivity index (χ4v) is 2.75. The Kier molecular flexibility index (Phi) is 4.29. The van der Waals surface area contributed by atoms with E-state index < -0.39 is 11.5 Å². The number of aromatic nitrogens is 2. The van der Waals surface area contributed by atoms with E-state index in [4.69, 9.17) is 9.15 Å². The minimum absolute atomic E-state index is 0.0199. The van der Waals surface area contributed by atoms with E-state index in [9.17, 15) is 9.59 Å². The van der Waals surface area contributed by atoms with Crippen molar-refractivity contribution in [3.8, 4) is 0 Å². The maximum absolute atomic E-state index is 12.3. The summed E-state index contributed by atoms with van der Waals surface area (Å²) < 4.78 is 12.3. The molecule has 0 aromatic carbocycles. The quantitative estimate of drug-likeness (QED) is 0.933. The van der Waals surface area contributed by atoms with Gasteiger partial charge in [-0.05, 0) is 31.4 Å². The van der Waals surface area contributed by atoms with Crippen molar-refractivity contribution in [1.29, 1.82) is 0 Å². The molecule has 7 nitrogen and oxygen atoms in total. The zero-order chi connectivity index (χ0) is 16.4. The van der Waals surface area contributed by atoms with Crippen molar-refractivity contribution >= 4 is 11.7 Å². The second-order valence-electron chi connectivity index (χ2n) is 5.71. The highest BCUT2D eigenvalue weighted by Gasteiger charge is 2.23. The highest BCUT2D eigenvalue weighted by molar-refractivity contribution is 6.04. The van der Waals surface area contributed by atoms with E-state index in [1.807, 2.05) is 0 Å². The molecule has 2 aromatic heterocycles. The van der Waals surface area contributed by atoms with Crippen LogP contribution >= 0.6 is 0 Å². The lowest BCUT2D eigenvalue weighted by molar-refractivity contribution is 0.0796. The highest BCUT2D eigenvalue weighted by atomic mass is 16.5. The number of hydrogen-bond acceptors (Lipinski definition) is 5. The van der Waals surface area contributed by atoms with Gasteiger partial charge in [-0.1, -0.05) is 0 Å². The molecule has 0 bridgehead atoms. The van der Waals surface area contributed by atoms with Gasteiger partial charge in [0.2, 0.25) is 0 Å². The second-order valence-corrected chi connectivity index (χ2v) is 5.71. The first-order valence-electron chi connectivity index (χ1n) is 7.58. The van der Waals surface area contributed by atoms with Gasteiger partial charge in [-0.3, -0.25) is 9.48 Å². The van der Waals surface area contributed by atoms with E-state index in [-0.39, 0.29) is 11.5 Å². The number of carbonyl (C=O) groups is 1. The van der Waals surface area contributed by atoms with Crippen LogP contribution < -0.4 is 10.9 Å². The molecule has 3 rings (SSSR count). The normalized spacial score (nSPS) is 15.6. The third kappa shape index (κ3) is 3.34. The number of ether oxygens (including phenoxy) is 1. The molecule has 1 aliphatic heterocycles. The summed E-state index contributed by atoms with van der Waals surface area (Å²) in [4.78, 5) is 24.6. The van der Waals surface area contributed by atoms with Crippen molar-refractivity contribution in [3.63, 3.8) is 0 Å². The summed E-state index contributed by atoms with van der Waals surface area (Å²) in [5, 5.41) is 6.67. The Hall–Kier alpha value is -2.41. The Labute approximate surface area is 133 Å². The van der Waals surface area contributed by atoms with Gasteiger partial charge >= 0.3 is 5.63 Å². The SMILES string of the molecule is Cc1cc(C2CCOCC2)oc(=O)c1C(=O)Nc1ccn(C)n1. The van der Waals surface area contributed by atoms with Crippen LogP contribution in [-0.2, 0) is 11.8 Å². The van der Waals surface area contributed by atoms with Gasteiger partial charge in [-0.2, -0.15) is 5.10 Å². The molecule has 1 saturated heterocycles. The summed E-state index contributed by atoms with van der Waals surface area (Å²) in [7, 11) is 1.75. The van der Waals surface area contributed by atoms with Crippen molar-refractivity contribution in [3.05, 3.63) is 45.6 Å². The van der Waals surface area contributed by atoms with Gasteiger partial charge in [0.1, 0.15) is 11.3 Å². The molecule has 23 heavy (non-hydrogen) atoms. The van der Waals surface area contributed by atoms with Crippen LogP contribution in [0.2, 0.25) is 0 Å². The lowest BCUT2D eigenvalue weighted by Crippen LogP contribution is -2.24. The number of rotatable bonds is 3. The second kappa shape index (κ2) is 6.37. The summed E-state index contributed by atoms with van der Waals surface area (Å²) in [6, 6.07) is 3.44. The van der Waals surface area contributed by atoms with Gasteiger partial charge in [0.05, 0.1) is 0 Å².